The molecule has 0 spiro atoms. The Balaban J connectivity index is 1.32. The van der Waals surface area contributed by atoms with E-state index in [2.05, 4.69) is 49.8 Å². The number of hydrogen-bond donors (Lipinski definition) is 8. The van der Waals surface area contributed by atoms with Crippen LogP contribution in [0, 0.1) is 17.8 Å². The summed E-state index contributed by atoms with van der Waals surface area (Å²) >= 11 is 5.46. The Morgan fingerprint density at radius 2 is 1.36 bits per heavy atom. The number of likely N-dealkylation sites (tertiary alicyclic amines) is 3. The number of rotatable bonds is 31. The van der Waals surface area contributed by atoms with Gasteiger partial charge < -0.3 is 66.0 Å². The van der Waals surface area contributed by atoms with E-state index in [4.69, 9.17) is 18.9 Å². The first kappa shape index (κ1) is 85.9. The van der Waals surface area contributed by atoms with Crippen molar-refractivity contribution < 1.29 is 90.9 Å². The number of nitrogens with zero attached hydrogens (tertiary/aromatic N) is 5. The molecule has 4 heterocycles. The van der Waals surface area contributed by atoms with E-state index in [-0.39, 0.29) is 117 Å². The van der Waals surface area contributed by atoms with E-state index in [0.29, 0.717) is 31.4 Å². The summed E-state index contributed by atoms with van der Waals surface area (Å²) < 4.78 is 23.0. The number of hydrogen-bond acceptors (Lipinski definition) is 22. The lowest BCUT2D eigenvalue weighted by atomic mass is 9.89. The van der Waals surface area contributed by atoms with Crippen LogP contribution in [0.5, 0.6) is 5.75 Å². The first-order valence-electron chi connectivity index (χ1n) is 35.3. The minimum atomic E-state index is -1.89. The van der Waals surface area contributed by atoms with Crippen LogP contribution in [0.2, 0.25) is 0 Å². The number of ether oxygens (including phenoxy) is 4. The van der Waals surface area contributed by atoms with E-state index in [1.165, 1.54) is 44.2 Å². The van der Waals surface area contributed by atoms with Crippen LogP contribution in [-0.4, -0.2) is 258 Å². The monoisotopic (exact) mass is 1480 g/mol. The molecule has 1 aromatic rings. The summed E-state index contributed by atoms with van der Waals surface area (Å²) in [4.78, 5) is 212. The molecule has 574 valence electrons. The maximum Gasteiger partial charge on any atom is 0.328 e. The third-order valence-corrected chi connectivity index (χ3v) is 21.6. The maximum absolute atomic E-state index is 14.6. The number of amides is 13. The molecule has 13 atom stereocenters. The van der Waals surface area contributed by atoms with E-state index >= 15 is 0 Å². The number of carbonyl (C=O) groups excluding carboxylic acids is 15. The van der Waals surface area contributed by atoms with Crippen molar-refractivity contribution in [2.45, 2.75) is 222 Å². The summed E-state index contributed by atoms with van der Waals surface area (Å²) in [6, 6.07) is -2.87. The molecule has 5 rings (SSSR count). The van der Waals surface area contributed by atoms with Crippen molar-refractivity contribution in [1.82, 2.24) is 56.4 Å². The van der Waals surface area contributed by atoms with Gasteiger partial charge in [-0.05, 0) is 89.6 Å². The van der Waals surface area contributed by atoms with Crippen molar-refractivity contribution in [3.63, 3.8) is 0 Å². The molecule has 4 aliphatic rings. The van der Waals surface area contributed by atoms with Gasteiger partial charge in [0, 0.05) is 104 Å². The minimum Gasteiger partial charge on any atom is -0.467 e. The summed E-state index contributed by atoms with van der Waals surface area (Å²) in [6.07, 6.45) is -1.73. The third-order valence-electron chi connectivity index (χ3n) is 19.7. The van der Waals surface area contributed by atoms with Crippen LogP contribution in [0.3, 0.4) is 0 Å². The lowest BCUT2D eigenvalue weighted by Crippen LogP contribution is -2.64. The number of methoxy groups -OCH3 is 3. The molecule has 1 aromatic carbocycles. The number of likely N-dealkylation sites (N-methyl/N-ethyl adjacent to an activating group) is 2. The van der Waals surface area contributed by atoms with Gasteiger partial charge in [-0.3, -0.25) is 81.8 Å². The number of esters is 2. The molecule has 0 radical (unpaired) electrons. The molecular weight excluding hydrogens is 1380 g/mol. The molecule has 4 aliphatic heterocycles. The number of carbonyl (C=O) groups is 15. The van der Waals surface area contributed by atoms with E-state index in [1.54, 1.807) is 56.6 Å². The molecule has 0 bridgehead atoms. The van der Waals surface area contributed by atoms with Gasteiger partial charge in [0.25, 0.3) is 0 Å². The summed E-state index contributed by atoms with van der Waals surface area (Å²) in [5.74, 6) is -11.4. The highest BCUT2D eigenvalue weighted by atomic mass is 32.2. The van der Waals surface area contributed by atoms with Gasteiger partial charge in [-0.1, -0.05) is 61.0 Å². The lowest BCUT2D eigenvalue weighted by molar-refractivity contribution is -0.149. The molecule has 3 fully saturated rings. The van der Waals surface area contributed by atoms with Crippen LogP contribution in [-0.2, 0) is 92.5 Å². The van der Waals surface area contributed by atoms with Crippen LogP contribution in [0.1, 0.15) is 151 Å². The lowest BCUT2D eigenvalue weighted by Gasteiger charge is -2.41. The first-order chi connectivity index (χ1) is 48.5. The van der Waals surface area contributed by atoms with Crippen LogP contribution in [0.25, 0.3) is 0 Å². The second-order valence-corrected chi connectivity index (χ2v) is 30.1. The molecule has 3 saturated heterocycles. The number of thioether (sulfide) groups is 1. The van der Waals surface area contributed by atoms with Crippen molar-refractivity contribution in [1.29, 1.82) is 0 Å². The summed E-state index contributed by atoms with van der Waals surface area (Å²) in [7, 11) is 9.26. The standard InChI is InChI=1S/C70H108N12O19S2/c1-16-39(5)60(79(12)67(95)57(38(3)4)77-69(97)70(8,9)78(10)11)47(98-13)35-53(86)80-30-20-21-45(80)61(99-14)41(7)62(90)74-44(68(96)100-15)34-42-24-25-46-43(33-42)73-50(83)22-18-28-71-63(91)58(75-51(84)26-31-81-54(87)36-48(102)65(81)93)59(64(92)72-29-19-23-56(89)101-46)76-52(85)27-32-82-55(88)37-49(66(82)94)103-40(6)17-2/h24-25,33,38-41,44-45,47-49,57-61,102H,16-23,26-32,34-37H2,1-15H3,(H,71,91)(H,72,92)(H,73,83)(H,74,90)(H,75,84)(H,76,85)(H,77,97)/t39-,40?,41+,44-,45-,47+,48?,49?,57-,58?,59?,60-,61+/m0/s1. The summed E-state index contributed by atoms with van der Waals surface area (Å²) in [6.45, 7) is 15.7. The van der Waals surface area contributed by atoms with Crippen molar-refractivity contribution in [2.24, 2.45) is 17.8 Å². The van der Waals surface area contributed by atoms with E-state index in [1.807, 2.05) is 41.5 Å². The average molecular weight is 1490 g/mol. The van der Waals surface area contributed by atoms with Crippen LogP contribution >= 0.6 is 24.4 Å². The van der Waals surface area contributed by atoms with Crippen molar-refractivity contribution in [3.05, 3.63) is 23.8 Å². The molecule has 7 N–H and O–H groups in total. The Morgan fingerprint density at radius 3 is 1.89 bits per heavy atom. The maximum atomic E-state index is 14.6. The topological polar surface area (TPSA) is 393 Å². The smallest absolute Gasteiger partial charge is 0.328 e. The van der Waals surface area contributed by atoms with Gasteiger partial charge >= 0.3 is 11.9 Å². The highest BCUT2D eigenvalue weighted by molar-refractivity contribution is 8.01. The fourth-order valence-electron chi connectivity index (χ4n) is 12.6. The third kappa shape index (κ3) is 23.4. The zero-order valence-electron chi connectivity index (χ0n) is 62.1. The number of anilines is 1. The fraction of sp³-hybridized carbons (Fsp3) is 0.700. The second kappa shape index (κ2) is 39.9. The normalized spacial score (nSPS) is 22.0. The molecule has 5 unspecified atom stereocenters. The first-order valence-corrected chi connectivity index (χ1v) is 36.8. The van der Waals surface area contributed by atoms with Crippen molar-refractivity contribution >= 4 is 119 Å². The Bertz CT molecular complexity index is 3270. The van der Waals surface area contributed by atoms with Gasteiger partial charge in [-0.15, -0.1) is 11.8 Å². The predicted molar refractivity (Wildman–Crippen MR) is 383 cm³/mol. The number of imide groups is 2. The fourth-order valence-corrected chi connectivity index (χ4v) is 14.2. The van der Waals surface area contributed by atoms with Gasteiger partial charge in [0.1, 0.15) is 24.2 Å². The quantitative estimate of drug-likeness (QED) is 0.0225. The second-order valence-electron chi connectivity index (χ2n) is 27.8. The van der Waals surface area contributed by atoms with Gasteiger partial charge in [0.2, 0.25) is 76.8 Å². The van der Waals surface area contributed by atoms with Crippen LogP contribution in [0.4, 0.5) is 5.69 Å². The van der Waals surface area contributed by atoms with Gasteiger partial charge in [0.05, 0.1) is 65.5 Å². The molecule has 0 aliphatic carbocycles. The van der Waals surface area contributed by atoms with Crippen molar-refractivity contribution in [3.8, 4) is 5.75 Å². The van der Waals surface area contributed by atoms with Gasteiger partial charge in [-0.25, -0.2) is 4.79 Å². The van der Waals surface area contributed by atoms with E-state index < -0.39 is 161 Å². The Hall–Kier alpha value is -7.75. The zero-order chi connectivity index (χ0) is 76.9. The molecule has 0 aromatic heterocycles. The molecule has 103 heavy (non-hydrogen) atoms. The van der Waals surface area contributed by atoms with Crippen LogP contribution in [0.15, 0.2) is 18.2 Å². The molecule has 33 heteroatoms. The molecule has 31 nitrogen and oxygen atoms in total. The Labute approximate surface area is 613 Å². The summed E-state index contributed by atoms with van der Waals surface area (Å²) in [5, 5.41) is 17.1. The van der Waals surface area contributed by atoms with Crippen molar-refractivity contribution in [2.75, 3.05) is 80.5 Å². The highest BCUT2D eigenvalue weighted by Crippen LogP contribution is 2.33. The van der Waals surface area contributed by atoms with Gasteiger partial charge in [0.15, 0.2) is 5.75 Å². The average Bonchev–Trinajstić information content (AvgIpc) is 1.77. The van der Waals surface area contributed by atoms with Gasteiger partial charge in [-0.2, -0.15) is 12.6 Å². The largest absolute Gasteiger partial charge is 0.467 e. The minimum absolute atomic E-state index is 0.0210. The SMILES string of the molecule is CCC(C)SC1CC(=O)N(CCC(=O)NC2C(=O)NCCCC(=O)Oc3ccc(C[C@H](NC(=O)[C@H](C)[C@@H](OC)[C@@H]4CCCN4C(=O)C[C@@H](OC)[C@H]([C@@H](C)CC)N(C)C(=O)[C@@H](NC(=O)C(C)(C)N(C)C)C(C)C)C(=O)OC)cc3NC(=O)CCCNC(=O)C2NC(=O)CCN2C(=O)CC(S)C2=O)C1=O. The Morgan fingerprint density at radius 1 is 0.767 bits per heavy atom. The molecular formula is C70H108N12O19S2. The summed E-state index contributed by atoms with van der Waals surface area (Å²) in [5.41, 5.74) is -0.591. The predicted octanol–water partition coefficient (Wildman–Crippen LogP) is 1.40. The molecule has 13 amide bonds. The number of nitrogens with one attached hydrogen (secondary N) is 7. The highest BCUT2D eigenvalue weighted by Gasteiger charge is 2.46. The Kier molecular flexibility index (Phi) is 33.3. The number of thiol groups is 1. The number of benzene rings is 1. The van der Waals surface area contributed by atoms with Crippen LogP contribution < -0.4 is 42.0 Å². The van der Waals surface area contributed by atoms with E-state index in [9.17, 15) is 71.9 Å². The zero-order valence-corrected chi connectivity index (χ0v) is 63.8. The van der Waals surface area contributed by atoms with E-state index in [0.717, 1.165) is 23.3 Å². The molecule has 0 saturated carbocycles. The number of fused-ring (bicyclic) bond motifs is 1.